The van der Waals surface area contributed by atoms with Crippen LogP contribution in [0.2, 0.25) is 0 Å². The van der Waals surface area contributed by atoms with Crippen molar-refractivity contribution in [3.05, 3.63) is 93.9 Å². The van der Waals surface area contributed by atoms with Crippen LogP contribution in [0.5, 0.6) is 5.75 Å². The van der Waals surface area contributed by atoms with E-state index in [0.29, 0.717) is 22.2 Å². The summed E-state index contributed by atoms with van der Waals surface area (Å²) in [4.78, 5) is 17.9. The van der Waals surface area contributed by atoms with E-state index in [1.54, 1.807) is 6.92 Å². The number of carbonyl (C=O) groups excluding carboxylic acids is 1. The van der Waals surface area contributed by atoms with Gasteiger partial charge < -0.3 is 19.1 Å². The fraction of sp³-hybridized carbons (Fsp3) is 0.214. The lowest BCUT2D eigenvalue weighted by atomic mass is 10.2. The highest BCUT2D eigenvalue weighted by molar-refractivity contribution is 8.18. The molecule has 0 saturated heterocycles. The van der Waals surface area contributed by atoms with Crippen molar-refractivity contribution in [1.29, 1.82) is 0 Å². The monoisotopic (exact) mass is 488 g/mol. The minimum atomic E-state index is -0.597. The van der Waals surface area contributed by atoms with E-state index in [-0.39, 0.29) is 17.9 Å². The topological polar surface area (TPSA) is 73.0 Å². The van der Waals surface area contributed by atoms with Gasteiger partial charge in [-0.1, -0.05) is 30.0 Å². The minimum absolute atomic E-state index is 0.0776. The molecule has 1 aliphatic heterocycles. The molecule has 6 nitrogen and oxygen atoms in total. The SMILES string of the molecule is CCOC(=O)C1=C(O)/C(=C\c2cc(C)n(-c3ccccc3)c2C)SC1=Nc1ccc(OCC)cc1. The van der Waals surface area contributed by atoms with Gasteiger partial charge in [-0.25, -0.2) is 9.79 Å². The molecule has 1 aliphatic rings. The number of ether oxygens (including phenoxy) is 2. The smallest absolute Gasteiger partial charge is 0.344 e. The van der Waals surface area contributed by atoms with Gasteiger partial charge in [0.1, 0.15) is 22.1 Å². The molecule has 0 spiro atoms. The fourth-order valence-corrected chi connectivity index (χ4v) is 4.97. The maximum atomic E-state index is 12.7. The number of aliphatic imine (C=N–C) groups is 1. The fourth-order valence-electron chi connectivity index (χ4n) is 3.94. The van der Waals surface area contributed by atoms with Crippen molar-refractivity contribution in [1.82, 2.24) is 4.57 Å². The molecule has 0 fully saturated rings. The molecule has 1 aromatic heterocycles. The summed E-state index contributed by atoms with van der Waals surface area (Å²) >= 11 is 1.25. The number of hydrogen-bond donors (Lipinski definition) is 1. The molecule has 2 heterocycles. The second kappa shape index (κ2) is 10.7. The molecule has 35 heavy (non-hydrogen) atoms. The van der Waals surface area contributed by atoms with Gasteiger partial charge in [0.15, 0.2) is 0 Å². The summed E-state index contributed by atoms with van der Waals surface area (Å²) in [5.41, 5.74) is 4.84. The number of rotatable bonds is 7. The summed E-state index contributed by atoms with van der Waals surface area (Å²) in [6.45, 7) is 8.51. The largest absolute Gasteiger partial charge is 0.506 e. The lowest BCUT2D eigenvalue weighted by Gasteiger charge is -2.09. The lowest BCUT2D eigenvalue weighted by Crippen LogP contribution is -2.12. The number of para-hydroxylation sites is 1. The number of nitrogens with zero attached hydrogens (tertiary/aromatic N) is 2. The second-order valence-electron chi connectivity index (χ2n) is 7.90. The summed E-state index contributed by atoms with van der Waals surface area (Å²) in [7, 11) is 0. The standard InChI is InChI=1S/C28H28N2O4S/c1-5-33-23-14-12-21(13-15-23)29-27-25(28(32)34-6-2)26(31)24(35-27)17-20-16-18(3)30(19(20)4)22-10-8-7-9-11-22/h7-17,31H,5-6H2,1-4H3/b24-17+,29-27?. The van der Waals surface area contributed by atoms with Crippen LogP contribution in [-0.4, -0.2) is 33.9 Å². The molecule has 7 heteroatoms. The number of thioether (sulfide) groups is 1. The number of aliphatic hydroxyl groups excluding tert-OH is 1. The van der Waals surface area contributed by atoms with E-state index in [1.807, 2.05) is 69.3 Å². The molecule has 0 amide bonds. The van der Waals surface area contributed by atoms with Crippen molar-refractivity contribution < 1.29 is 19.4 Å². The van der Waals surface area contributed by atoms with E-state index in [2.05, 4.69) is 27.8 Å². The molecular weight excluding hydrogens is 460 g/mol. The van der Waals surface area contributed by atoms with Crippen LogP contribution in [0, 0.1) is 13.8 Å². The highest BCUT2D eigenvalue weighted by atomic mass is 32.2. The molecule has 0 saturated carbocycles. The summed E-state index contributed by atoms with van der Waals surface area (Å²) < 4.78 is 12.9. The Kier molecular flexibility index (Phi) is 7.46. The summed E-state index contributed by atoms with van der Waals surface area (Å²) in [5.74, 6) is 0.0249. The molecule has 180 valence electrons. The van der Waals surface area contributed by atoms with E-state index in [4.69, 9.17) is 9.47 Å². The Bertz CT molecular complexity index is 1320. The van der Waals surface area contributed by atoms with Crippen LogP contribution in [0.15, 0.2) is 81.9 Å². The number of carbonyl (C=O) groups is 1. The Labute approximate surface area is 209 Å². The first-order chi connectivity index (χ1) is 16.9. The van der Waals surface area contributed by atoms with Crippen LogP contribution in [0.4, 0.5) is 5.69 Å². The van der Waals surface area contributed by atoms with Gasteiger partial charge in [0, 0.05) is 17.1 Å². The zero-order valence-corrected chi connectivity index (χ0v) is 21.1. The van der Waals surface area contributed by atoms with Gasteiger partial charge in [0.2, 0.25) is 0 Å². The molecule has 0 bridgehead atoms. The van der Waals surface area contributed by atoms with Gasteiger partial charge in [0.25, 0.3) is 0 Å². The predicted octanol–water partition coefficient (Wildman–Crippen LogP) is 6.69. The Morgan fingerprint density at radius 3 is 2.43 bits per heavy atom. The van der Waals surface area contributed by atoms with E-state index in [1.165, 1.54) is 11.8 Å². The number of benzene rings is 2. The molecule has 2 aromatic carbocycles. The molecule has 0 radical (unpaired) electrons. The number of hydrogen-bond acceptors (Lipinski definition) is 6. The molecule has 0 unspecified atom stereocenters. The Balaban J connectivity index is 1.73. The van der Waals surface area contributed by atoms with Crippen molar-refractivity contribution in [3.8, 4) is 11.4 Å². The minimum Gasteiger partial charge on any atom is -0.506 e. The second-order valence-corrected chi connectivity index (χ2v) is 8.93. The third-order valence-electron chi connectivity index (χ3n) is 5.52. The maximum absolute atomic E-state index is 12.7. The lowest BCUT2D eigenvalue weighted by molar-refractivity contribution is -0.138. The zero-order valence-electron chi connectivity index (χ0n) is 20.2. The van der Waals surface area contributed by atoms with Crippen LogP contribution in [0.25, 0.3) is 11.8 Å². The normalized spacial score (nSPS) is 15.8. The Morgan fingerprint density at radius 2 is 1.77 bits per heavy atom. The average molecular weight is 489 g/mol. The van der Waals surface area contributed by atoms with Gasteiger partial charge in [-0.3, -0.25) is 0 Å². The van der Waals surface area contributed by atoms with E-state index >= 15 is 0 Å². The van der Waals surface area contributed by atoms with Crippen molar-refractivity contribution in [2.45, 2.75) is 27.7 Å². The number of esters is 1. The van der Waals surface area contributed by atoms with Gasteiger partial charge in [0.05, 0.1) is 23.8 Å². The molecule has 1 N–H and O–H groups in total. The van der Waals surface area contributed by atoms with Crippen molar-refractivity contribution >= 4 is 34.5 Å². The maximum Gasteiger partial charge on any atom is 0.344 e. The van der Waals surface area contributed by atoms with E-state index in [0.717, 1.165) is 28.4 Å². The van der Waals surface area contributed by atoms with E-state index in [9.17, 15) is 9.90 Å². The van der Waals surface area contributed by atoms with Gasteiger partial charge in [-0.05, 0) is 81.8 Å². The molecule has 0 atom stereocenters. The van der Waals surface area contributed by atoms with Gasteiger partial charge >= 0.3 is 5.97 Å². The molecule has 4 rings (SSSR count). The molecule has 0 aliphatic carbocycles. The highest BCUT2D eigenvalue weighted by Gasteiger charge is 2.33. The first kappa shape index (κ1) is 24.4. The van der Waals surface area contributed by atoms with Crippen LogP contribution in [0.1, 0.15) is 30.8 Å². The van der Waals surface area contributed by atoms with Crippen molar-refractivity contribution in [2.24, 2.45) is 4.99 Å². The van der Waals surface area contributed by atoms with Crippen LogP contribution in [0.3, 0.4) is 0 Å². The zero-order chi connectivity index (χ0) is 24.9. The highest BCUT2D eigenvalue weighted by Crippen LogP contribution is 2.41. The third-order valence-corrected chi connectivity index (χ3v) is 6.54. The van der Waals surface area contributed by atoms with Crippen LogP contribution in [-0.2, 0) is 9.53 Å². The van der Waals surface area contributed by atoms with Crippen LogP contribution >= 0.6 is 11.8 Å². The predicted molar refractivity (Wildman–Crippen MR) is 142 cm³/mol. The van der Waals surface area contributed by atoms with Crippen LogP contribution < -0.4 is 4.74 Å². The van der Waals surface area contributed by atoms with Crippen molar-refractivity contribution in [2.75, 3.05) is 13.2 Å². The quantitative estimate of drug-likeness (QED) is 0.375. The Morgan fingerprint density at radius 1 is 1.06 bits per heavy atom. The molecule has 3 aromatic rings. The number of aryl methyl sites for hydroxylation is 1. The number of aromatic nitrogens is 1. The first-order valence-corrected chi connectivity index (χ1v) is 12.3. The summed E-state index contributed by atoms with van der Waals surface area (Å²) in [6.07, 6.45) is 1.89. The molecular formula is C28H28N2O4S. The Hall–Kier alpha value is -3.71. The van der Waals surface area contributed by atoms with Crippen molar-refractivity contribution in [3.63, 3.8) is 0 Å². The first-order valence-electron chi connectivity index (χ1n) is 11.5. The van der Waals surface area contributed by atoms with Gasteiger partial charge in [-0.15, -0.1) is 0 Å². The van der Waals surface area contributed by atoms with Gasteiger partial charge in [-0.2, -0.15) is 0 Å². The third kappa shape index (κ3) is 5.20. The number of aliphatic hydroxyl groups is 1. The summed E-state index contributed by atoms with van der Waals surface area (Å²) in [6, 6.07) is 19.4. The van der Waals surface area contributed by atoms with E-state index < -0.39 is 5.97 Å². The summed E-state index contributed by atoms with van der Waals surface area (Å²) in [5, 5.41) is 11.4. The average Bonchev–Trinajstić information content (AvgIpc) is 3.30.